The van der Waals surface area contributed by atoms with Gasteiger partial charge in [-0.05, 0) is 18.2 Å². The molecule has 0 spiro atoms. The van der Waals surface area contributed by atoms with Crippen LogP contribution in [0.1, 0.15) is 5.56 Å². The first-order valence-corrected chi connectivity index (χ1v) is 6.69. The van der Waals surface area contributed by atoms with Crippen LogP contribution in [0.25, 0.3) is 0 Å². The largest absolute Gasteiger partial charge is 0.434 e. The van der Waals surface area contributed by atoms with Crippen LogP contribution in [0, 0.1) is 0 Å². The third-order valence-electron chi connectivity index (χ3n) is 2.12. The van der Waals surface area contributed by atoms with E-state index in [2.05, 4.69) is 20.3 Å². The summed E-state index contributed by atoms with van der Waals surface area (Å²) in [5.41, 5.74) is 0.261. The lowest BCUT2D eigenvalue weighted by molar-refractivity contribution is -0.116. The van der Waals surface area contributed by atoms with E-state index >= 15 is 0 Å². The molecule has 0 bridgehead atoms. The molecule has 1 saturated heterocycles. The number of carbonyl (C=O) groups is 1. The predicted molar refractivity (Wildman–Crippen MR) is 73.7 cm³/mol. The number of halogens is 3. The van der Waals surface area contributed by atoms with Crippen molar-refractivity contribution < 1.29 is 18.3 Å². The van der Waals surface area contributed by atoms with Crippen molar-refractivity contribution in [3.63, 3.8) is 0 Å². The van der Waals surface area contributed by atoms with Crippen LogP contribution < -0.4 is 10.1 Å². The molecule has 1 N–H and O–H groups in total. The number of nitrogens with one attached hydrogen (secondary N) is 1. The summed E-state index contributed by atoms with van der Waals surface area (Å²) in [4.78, 5) is 10.9. The van der Waals surface area contributed by atoms with Crippen molar-refractivity contribution in [2.75, 3.05) is 5.75 Å². The molecule has 1 aliphatic rings. The van der Waals surface area contributed by atoms with Gasteiger partial charge in [0.05, 0.1) is 12.0 Å². The predicted octanol–water partition coefficient (Wildman–Crippen LogP) is 2.49. The zero-order chi connectivity index (χ0) is 14.5. The lowest BCUT2D eigenvalue weighted by Crippen LogP contribution is -2.19. The van der Waals surface area contributed by atoms with E-state index in [1.165, 1.54) is 36.2 Å². The molecular formula is C11H8ClF2N3O2S. The van der Waals surface area contributed by atoms with E-state index < -0.39 is 6.61 Å². The van der Waals surface area contributed by atoms with Crippen molar-refractivity contribution in [2.45, 2.75) is 6.61 Å². The van der Waals surface area contributed by atoms with Gasteiger partial charge in [-0.3, -0.25) is 4.79 Å². The highest BCUT2D eigenvalue weighted by atomic mass is 35.5. The first-order chi connectivity index (χ1) is 9.54. The van der Waals surface area contributed by atoms with Gasteiger partial charge in [0.25, 0.3) is 0 Å². The SMILES string of the molecule is O=C1CSC(=NN=Cc2cc(Cl)ccc2OC(F)F)N1. The Kier molecular flexibility index (Phi) is 4.91. The molecule has 0 radical (unpaired) electrons. The highest BCUT2D eigenvalue weighted by molar-refractivity contribution is 8.15. The molecule has 1 heterocycles. The molecule has 9 heteroatoms. The fraction of sp³-hybridized carbons (Fsp3) is 0.182. The summed E-state index contributed by atoms with van der Waals surface area (Å²) in [5, 5.41) is 10.6. The Morgan fingerprint density at radius 3 is 2.95 bits per heavy atom. The van der Waals surface area contributed by atoms with Crippen molar-refractivity contribution >= 4 is 40.7 Å². The minimum atomic E-state index is -2.95. The van der Waals surface area contributed by atoms with Crippen LogP contribution in [-0.2, 0) is 4.79 Å². The second-order valence-electron chi connectivity index (χ2n) is 3.55. The van der Waals surface area contributed by atoms with Gasteiger partial charge in [-0.25, -0.2) is 0 Å². The zero-order valence-electron chi connectivity index (χ0n) is 9.85. The van der Waals surface area contributed by atoms with E-state index in [-0.39, 0.29) is 23.0 Å². The molecule has 2 rings (SSSR count). The van der Waals surface area contributed by atoms with Crippen LogP contribution in [0.3, 0.4) is 0 Å². The average Bonchev–Trinajstić information content (AvgIpc) is 2.78. The minimum Gasteiger partial charge on any atom is -0.434 e. The first kappa shape index (κ1) is 14.7. The molecule has 1 amide bonds. The van der Waals surface area contributed by atoms with Gasteiger partial charge < -0.3 is 10.1 Å². The number of alkyl halides is 2. The van der Waals surface area contributed by atoms with E-state index in [0.29, 0.717) is 10.2 Å². The van der Waals surface area contributed by atoms with Gasteiger partial charge in [0.2, 0.25) is 5.91 Å². The zero-order valence-corrected chi connectivity index (χ0v) is 11.4. The molecule has 0 saturated carbocycles. The molecule has 0 aromatic heterocycles. The average molecular weight is 320 g/mol. The monoisotopic (exact) mass is 319 g/mol. The number of amides is 1. The molecule has 0 atom stereocenters. The third-order valence-corrected chi connectivity index (χ3v) is 3.22. The number of nitrogens with zero attached hydrogens (tertiary/aromatic N) is 2. The van der Waals surface area contributed by atoms with Crippen LogP contribution in [0.5, 0.6) is 5.75 Å². The molecular weight excluding hydrogens is 312 g/mol. The van der Waals surface area contributed by atoms with E-state index in [1.807, 2.05) is 0 Å². The second kappa shape index (κ2) is 6.67. The molecule has 0 unspecified atom stereocenters. The first-order valence-electron chi connectivity index (χ1n) is 5.32. The Morgan fingerprint density at radius 1 is 1.50 bits per heavy atom. The molecule has 20 heavy (non-hydrogen) atoms. The maximum absolute atomic E-state index is 12.2. The van der Waals surface area contributed by atoms with Gasteiger partial charge in [-0.1, -0.05) is 23.4 Å². The lowest BCUT2D eigenvalue weighted by atomic mass is 10.2. The fourth-order valence-electron chi connectivity index (χ4n) is 1.35. The van der Waals surface area contributed by atoms with Crippen LogP contribution in [0.4, 0.5) is 8.78 Å². The summed E-state index contributed by atoms with van der Waals surface area (Å²) in [7, 11) is 0. The standard InChI is InChI=1S/C11H8ClF2N3O2S/c12-7-1-2-8(19-10(13)14)6(3-7)4-15-17-11-16-9(18)5-20-11/h1-4,10H,5H2,(H,16,17,18). The fourth-order valence-corrected chi connectivity index (χ4v) is 2.16. The minimum absolute atomic E-state index is 0.0588. The third kappa shape index (κ3) is 4.17. The number of rotatable bonds is 4. The van der Waals surface area contributed by atoms with Crippen molar-refractivity contribution in [2.24, 2.45) is 10.2 Å². The summed E-state index contributed by atoms with van der Waals surface area (Å²) in [6, 6.07) is 4.16. The van der Waals surface area contributed by atoms with Crippen molar-refractivity contribution in [3.8, 4) is 5.75 Å². The molecule has 1 aromatic carbocycles. The quantitative estimate of drug-likeness (QED) is 0.685. The van der Waals surface area contributed by atoms with Gasteiger partial charge in [0.1, 0.15) is 5.75 Å². The van der Waals surface area contributed by atoms with Crippen molar-refractivity contribution in [1.29, 1.82) is 0 Å². The number of carbonyl (C=O) groups excluding carboxylic acids is 1. The maximum Gasteiger partial charge on any atom is 0.387 e. The van der Waals surface area contributed by atoms with Crippen LogP contribution in [0.2, 0.25) is 5.02 Å². The van der Waals surface area contributed by atoms with Gasteiger partial charge in [-0.15, -0.1) is 5.10 Å². The van der Waals surface area contributed by atoms with E-state index in [4.69, 9.17) is 11.6 Å². The van der Waals surface area contributed by atoms with E-state index in [1.54, 1.807) is 0 Å². The Morgan fingerprint density at radius 2 is 2.30 bits per heavy atom. The summed E-state index contributed by atoms with van der Waals surface area (Å²) in [5.74, 6) is 0.0653. The molecule has 1 fully saturated rings. The summed E-state index contributed by atoms with van der Waals surface area (Å²) in [6.45, 7) is -2.95. The number of amidine groups is 1. The Balaban J connectivity index is 2.15. The summed E-state index contributed by atoms with van der Waals surface area (Å²) in [6.07, 6.45) is 1.22. The summed E-state index contributed by atoms with van der Waals surface area (Å²) >= 11 is 6.98. The molecule has 5 nitrogen and oxygen atoms in total. The number of hydrogen-bond acceptors (Lipinski definition) is 5. The molecule has 1 aliphatic heterocycles. The maximum atomic E-state index is 12.2. The normalized spacial score (nSPS) is 17.2. The number of hydrogen-bond donors (Lipinski definition) is 1. The van der Waals surface area contributed by atoms with Gasteiger partial charge in [-0.2, -0.15) is 13.9 Å². The highest BCUT2D eigenvalue weighted by Crippen LogP contribution is 2.23. The summed E-state index contributed by atoms with van der Waals surface area (Å²) < 4.78 is 28.8. The van der Waals surface area contributed by atoms with Crippen LogP contribution >= 0.6 is 23.4 Å². The van der Waals surface area contributed by atoms with Gasteiger partial charge in [0.15, 0.2) is 5.17 Å². The van der Waals surface area contributed by atoms with E-state index in [9.17, 15) is 13.6 Å². The van der Waals surface area contributed by atoms with Crippen molar-refractivity contribution in [3.05, 3.63) is 28.8 Å². The van der Waals surface area contributed by atoms with Crippen LogP contribution in [0.15, 0.2) is 28.4 Å². The lowest BCUT2D eigenvalue weighted by Gasteiger charge is -2.07. The smallest absolute Gasteiger partial charge is 0.387 e. The van der Waals surface area contributed by atoms with Crippen molar-refractivity contribution in [1.82, 2.24) is 5.32 Å². The topological polar surface area (TPSA) is 63.0 Å². The number of benzene rings is 1. The van der Waals surface area contributed by atoms with Gasteiger partial charge in [0, 0.05) is 10.6 Å². The molecule has 106 valence electrons. The van der Waals surface area contributed by atoms with E-state index in [0.717, 1.165) is 0 Å². The Bertz CT molecular complexity index is 581. The number of thioether (sulfide) groups is 1. The van der Waals surface area contributed by atoms with Crippen LogP contribution in [-0.4, -0.2) is 29.7 Å². The van der Waals surface area contributed by atoms with Gasteiger partial charge >= 0.3 is 6.61 Å². The Labute approximate surface area is 122 Å². The molecule has 1 aromatic rings. The highest BCUT2D eigenvalue weighted by Gasteiger charge is 2.16. The number of ether oxygens (including phenoxy) is 1. The Hall–Kier alpha value is -1.67. The molecule has 0 aliphatic carbocycles. The second-order valence-corrected chi connectivity index (χ2v) is 4.95.